The standard InChI is InChI=1S/C15H22N2O/c1-17-11-5-8-14(12-17)15(18)16-10-9-13-6-3-2-4-7-13/h2-4,6-7,14H,5,8-12H2,1H3,(H,16,18). The predicted octanol–water partition coefficient (Wildman–Crippen LogP) is 1.69. The quantitative estimate of drug-likeness (QED) is 0.877. The van der Waals surface area contributed by atoms with E-state index in [1.54, 1.807) is 0 Å². The van der Waals surface area contributed by atoms with E-state index in [1.807, 2.05) is 18.2 Å². The minimum absolute atomic E-state index is 0.180. The Kier molecular flexibility index (Phi) is 4.76. The molecule has 3 heteroatoms. The molecule has 1 amide bonds. The van der Waals surface area contributed by atoms with Crippen LogP contribution in [0.5, 0.6) is 0 Å². The summed E-state index contributed by atoms with van der Waals surface area (Å²) < 4.78 is 0. The van der Waals surface area contributed by atoms with Crippen molar-refractivity contribution in [3.8, 4) is 0 Å². The van der Waals surface area contributed by atoms with Gasteiger partial charge in [-0.05, 0) is 38.4 Å². The summed E-state index contributed by atoms with van der Waals surface area (Å²) in [6, 6.07) is 10.3. The lowest BCUT2D eigenvalue weighted by atomic mass is 9.97. The Morgan fingerprint density at radius 1 is 1.39 bits per heavy atom. The second-order valence-corrected chi connectivity index (χ2v) is 5.13. The molecule has 1 aromatic carbocycles. The van der Waals surface area contributed by atoms with Gasteiger partial charge in [-0.1, -0.05) is 30.3 Å². The number of benzene rings is 1. The van der Waals surface area contributed by atoms with Crippen LogP contribution in [-0.4, -0.2) is 37.5 Å². The Morgan fingerprint density at radius 2 is 2.17 bits per heavy atom. The van der Waals surface area contributed by atoms with Gasteiger partial charge >= 0.3 is 0 Å². The Balaban J connectivity index is 1.71. The minimum Gasteiger partial charge on any atom is -0.355 e. The van der Waals surface area contributed by atoms with Gasteiger partial charge in [0.2, 0.25) is 5.91 Å². The van der Waals surface area contributed by atoms with Crippen molar-refractivity contribution in [2.24, 2.45) is 5.92 Å². The van der Waals surface area contributed by atoms with E-state index in [0.29, 0.717) is 0 Å². The maximum absolute atomic E-state index is 12.0. The van der Waals surface area contributed by atoms with Crippen LogP contribution in [0, 0.1) is 5.92 Å². The number of hydrogen-bond acceptors (Lipinski definition) is 2. The van der Waals surface area contributed by atoms with Crippen molar-refractivity contribution in [2.45, 2.75) is 19.3 Å². The normalized spacial score (nSPS) is 20.6. The number of rotatable bonds is 4. The van der Waals surface area contributed by atoms with E-state index in [2.05, 4.69) is 29.4 Å². The van der Waals surface area contributed by atoms with E-state index in [9.17, 15) is 4.79 Å². The van der Waals surface area contributed by atoms with Gasteiger partial charge in [-0.2, -0.15) is 0 Å². The highest BCUT2D eigenvalue weighted by molar-refractivity contribution is 5.78. The molecule has 0 radical (unpaired) electrons. The maximum Gasteiger partial charge on any atom is 0.224 e. The Labute approximate surface area is 109 Å². The summed E-state index contributed by atoms with van der Waals surface area (Å²) in [6.07, 6.45) is 3.07. The summed E-state index contributed by atoms with van der Waals surface area (Å²) in [5.74, 6) is 0.400. The fourth-order valence-corrected chi connectivity index (χ4v) is 2.50. The third-order valence-electron chi connectivity index (χ3n) is 3.55. The largest absolute Gasteiger partial charge is 0.355 e. The molecular formula is C15H22N2O. The SMILES string of the molecule is CN1CCCC(C(=O)NCCc2ccccc2)C1. The van der Waals surface area contributed by atoms with Crippen molar-refractivity contribution in [1.82, 2.24) is 10.2 Å². The zero-order valence-corrected chi connectivity index (χ0v) is 11.1. The first kappa shape index (κ1) is 13.1. The van der Waals surface area contributed by atoms with E-state index >= 15 is 0 Å². The van der Waals surface area contributed by atoms with Gasteiger partial charge in [-0.25, -0.2) is 0 Å². The molecule has 2 rings (SSSR count). The van der Waals surface area contributed by atoms with Crippen molar-refractivity contribution >= 4 is 5.91 Å². The summed E-state index contributed by atoms with van der Waals surface area (Å²) in [6.45, 7) is 2.76. The van der Waals surface area contributed by atoms with Crippen LogP contribution in [0.15, 0.2) is 30.3 Å². The number of carbonyl (C=O) groups excluding carboxylic acids is 1. The molecule has 1 aliphatic rings. The van der Waals surface area contributed by atoms with Gasteiger partial charge < -0.3 is 10.2 Å². The second kappa shape index (κ2) is 6.55. The molecule has 1 fully saturated rings. The fourth-order valence-electron chi connectivity index (χ4n) is 2.50. The zero-order valence-electron chi connectivity index (χ0n) is 11.1. The van der Waals surface area contributed by atoms with Crippen molar-refractivity contribution in [1.29, 1.82) is 0 Å². The fraction of sp³-hybridized carbons (Fsp3) is 0.533. The number of piperidine rings is 1. The van der Waals surface area contributed by atoms with E-state index in [0.717, 1.165) is 38.9 Å². The number of likely N-dealkylation sites (tertiary alicyclic amines) is 1. The summed E-state index contributed by atoms with van der Waals surface area (Å²) >= 11 is 0. The second-order valence-electron chi connectivity index (χ2n) is 5.13. The van der Waals surface area contributed by atoms with Crippen LogP contribution in [-0.2, 0) is 11.2 Å². The number of nitrogens with one attached hydrogen (secondary N) is 1. The summed E-state index contributed by atoms with van der Waals surface area (Å²) in [7, 11) is 2.09. The molecule has 0 saturated carbocycles. The van der Waals surface area contributed by atoms with Crippen LogP contribution in [0.4, 0.5) is 0 Å². The molecule has 18 heavy (non-hydrogen) atoms. The molecule has 0 aromatic heterocycles. The molecule has 1 N–H and O–H groups in total. The Morgan fingerprint density at radius 3 is 2.89 bits per heavy atom. The Bertz CT molecular complexity index is 377. The van der Waals surface area contributed by atoms with Gasteiger partial charge in [0.1, 0.15) is 0 Å². The average Bonchev–Trinajstić information content (AvgIpc) is 2.40. The number of hydrogen-bond donors (Lipinski definition) is 1. The highest BCUT2D eigenvalue weighted by Crippen LogP contribution is 2.14. The minimum atomic E-state index is 0.180. The molecule has 0 spiro atoms. The summed E-state index contributed by atoms with van der Waals surface area (Å²) in [5.41, 5.74) is 1.28. The molecule has 0 bridgehead atoms. The third kappa shape index (κ3) is 3.84. The van der Waals surface area contributed by atoms with Crippen LogP contribution in [0.1, 0.15) is 18.4 Å². The third-order valence-corrected chi connectivity index (χ3v) is 3.55. The first-order chi connectivity index (χ1) is 8.75. The molecular weight excluding hydrogens is 224 g/mol. The molecule has 0 aliphatic carbocycles. The molecule has 1 aromatic rings. The zero-order chi connectivity index (χ0) is 12.8. The lowest BCUT2D eigenvalue weighted by Gasteiger charge is -2.28. The molecule has 1 heterocycles. The van der Waals surface area contributed by atoms with Crippen molar-refractivity contribution in [2.75, 3.05) is 26.7 Å². The van der Waals surface area contributed by atoms with Gasteiger partial charge in [0.05, 0.1) is 5.92 Å². The molecule has 98 valence electrons. The number of carbonyl (C=O) groups is 1. The smallest absolute Gasteiger partial charge is 0.224 e. The van der Waals surface area contributed by atoms with Crippen molar-refractivity contribution < 1.29 is 4.79 Å². The lowest BCUT2D eigenvalue weighted by molar-refractivity contribution is -0.126. The highest BCUT2D eigenvalue weighted by atomic mass is 16.1. The maximum atomic E-state index is 12.0. The molecule has 1 unspecified atom stereocenters. The van der Waals surface area contributed by atoms with E-state index in [1.165, 1.54) is 5.56 Å². The van der Waals surface area contributed by atoms with Gasteiger partial charge in [0.15, 0.2) is 0 Å². The molecule has 3 nitrogen and oxygen atoms in total. The van der Waals surface area contributed by atoms with E-state index < -0.39 is 0 Å². The van der Waals surface area contributed by atoms with Crippen LogP contribution < -0.4 is 5.32 Å². The first-order valence-electron chi connectivity index (χ1n) is 6.76. The molecule has 1 aliphatic heterocycles. The van der Waals surface area contributed by atoms with Gasteiger partial charge in [0.25, 0.3) is 0 Å². The van der Waals surface area contributed by atoms with Gasteiger partial charge in [-0.3, -0.25) is 4.79 Å². The van der Waals surface area contributed by atoms with Gasteiger partial charge in [-0.15, -0.1) is 0 Å². The Hall–Kier alpha value is -1.35. The molecule has 1 atom stereocenters. The predicted molar refractivity (Wildman–Crippen MR) is 73.4 cm³/mol. The number of nitrogens with zero attached hydrogens (tertiary/aromatic N) is 1. The highest BCUT2D eigenvalue weighted by Gasteiger charge is 2.23. The monoisotopic (exact) mass is 246 g/mol. The molecule has 1 saturated heterocycles. The topological polar surface area (TPSA) is 32.3 Å². The van der Waals surface area contributed by atoms with Crippen LogP contribution in [0.2, 0.25) is 0 Å². The van der Waals surface area contributed by atoms with Crippen LogP contribution >= 0.6 is 0 Å². The van der Waals surface area contributed by atoms with Crippen molar-refractivity contribution in [3.63, 3.8) is 0 Å². The summed E-state index contributed by atoms with van der Waals surface area (Å²) in [4.78, 5) is 14.2. The van der Waals surface area contributed by atoms with Gasteiger partial charge in [0, 0.05) is 13.1 Å². The first-order valence-corrected chi connectivity index (χ1v) is 6.76. The number of amides is 1. The average molecular weight is 246 g/mol. The van der Waals surface area contributed by atoms with Crippen molar-refractivity contribution in [3.05, 3.63) is 35.9 Å². The van der Waals surface area contributed by atoms with Crippen LogP contribution in [0.25, 0.3) is 0 Å². The van der Waals surface area contributed by atoms with E-state index in [4.69, 9.17) is 0 Å². The van der Waals surface area contributed by atoms with E-state index in [-0.39, 0.29) is 11.8 Å². The summed E-state index contributed by atoms with van der Waals surface area (Å²) in [5, 5.41) is 3.06. The lowest BCUT2D eigenvalue weighted by Crippen LogP contribution is -2.41. The van der Waals surface area contributed by atoms with Crippen LogP contribution in [0.3, 0.4) is 0 Å².